The molecule has 0 atom stereocenters. The van der Waals surface area contributed by atoms with Crippen molar-refractivity contribution in [1.29, 1.82) is 0 Å². The quantitative estimate of drug-likeness (QED) is 0.660. The first-order valence-corrected chi connectivity index (χ1v) is 6.59. The summed E-state index contributed by atoms with van der Waals surface area (Å²) in [5.41, 5.74) is 0.445. The molecule has 0 aliphatic heterocycles. The van der Waals surface area contributed by atoms with Crippen molar-refractivity contribution in [2.75, 3.05) is 38.8 Å². The molecule has 0 aromatic carbocycles. The minimum atomic E-state index is -0.346. The largest absolute Gasteiger partial charge is 0.382 e. The van der Waals surface area contributed by atoms with Gasteiger partial charge in [-0.3, -0.25) is 0 Å². The summed E-state index contributed by atoms with van der Waals surface area (Å²) in [4.78, 5) is 7.79. The van der Waals surface area contributed by atoms with E-state index in [0.29, 0.717) is 38.5 Å². The fourth-order valence-electron chi connectivity index (χ4n) is 1.56. The van der Waals surface area contributed by atoms with Gasteiger partial charge in [0.25, 0.3) is 0 Å². The second kappa shape index (κ2) is 9.63. The van der Waals surface area contributed by atoms with Crippen LogP contribution in [0.5, 0.6) is 0 Å². The molecule has 19 heavy (non-hydrogen) atoms. The molecule has 0 spiro atoms. The van der Waals surface area contributed by atoms with Gasteiger partial charge in [-0.15, -0.1) is 0 Å². The zero-order valence-electron chi connectivity index (χ0n) is 11.6. The molecule has 1 heterocycles. The summed E-state index contributed by atoms with van der Waals surface area (Å²) in [6, 6.07) is 0. The molecular formula is C13H22FN3O2. The van der Waals surface area contributed by atoms with Gasteiger partial charge in [0.15, 0.2) is 11.6 Å². The fourth-order valence-corrected chi connectivity index (χ4v) is 1.56. The van der Waals surface area contributed by atoms with Gasteiger partial charge in [-0.25, -0.2) is 14.4 Å². The van der Waals surface area contributed by atoms with Crippen molar-refractivity contribution >= 4 is 5.82 Å². The van der Waals surface area contributed by atoms with Crippen LogP contribution in [0, 0.1) is 5.82 Å². The van der Waals surface area contributed by atoms with Crippen molar-refractivity contribution in [2.45, 2.75) is 26.2 Å². The summed E-state index contributed by atoms with van der Waals surface area (Å²) >= 11 is 0. The van der Waals surface area contributed by atoms with E-state index in [2.05, 4.69) is 15.3 Å². The molecule has 6 heteroatoms. The van der Waals surface area contributed by atoms with E-state index in [0.717, 1.165) is 12.8 Å². The van der Waals surface area contributed by atoms with Crippen molar-refractivity contribution in [2.24, 2.45) is 0 Å². The topological polar surface area (TPSA) is 56.3 Å². The van der Waals surface area contributed by atoms with Crippen LogP contribution in [0.1, 0.15) is 25.5 Å². The van der Waals surface area contributed by atoms with E-state index in [1.807, 2.05) is 6.92 Å². The number of aryl methyl sites for hydroxylation is 1. The van der Waals surface area contributed by atoms with Crippen LogP contribution >= 0.6 is 0 Å². The lowest BCUT2D eigenvalue weighted by Gasteiger charge is -2.08. The third-order valence-corrected chi connectivity index (χ3v) is 2.64. The van der Waals surface area contributed by atoms with Gasteiger partial charge in [-0.1, -0.05) is 6.92 Å². The number of ether oxygens (including phenoxy) is 2. The first kappa shape index (κ1) is 15.8. The molecule has 108 valence electrons. The molecule has 0 amide bonds. The van der Waals surface area contributed by atoms with E-state index in [-0.39, 0.29) is 11.6 Å². The molecule has 0 unspecified atom stereocenters. The summed E-state index contributed by atoms with van der Waals surface area (Å²) < 4.78 is 24.0. The lowest BCUT2D eigenvalue weighted by Crippen LogP contribution is -2.09. The Hall–Kier alpha value is -1.27. The normalized spacial score (nSPS) is 10.7. The van der Waals surface area contributed by atoms with Crippen LogP contribution in [0.2, 0.25) is 0 Å². The number of aromatic nitrogens is 2. The highest BCUT2D eigenvalue weighted by molar-refractivity contribution is 5.36. The highest BCUT2D eigenvalue weighted by Gasteiger charge is 2.08. The minimum Gasteiger partial charge on any atom is -0.382 e. The maximum atomic E-state index is 13.8. The number of hydrogen-bond acceptors (Lipinski definition) is 5. The van der Waals surface area contributed by atoms with E-state index >= 15 is 0 Å². The van der Waals surface area contributed by atoms with Crippen LogP contribution in [0.3, 0.4) is 0 Å². The Morgan fingerprint density at radius 1 is 1.21 bits per heavy atom. The van der Waals surface area contributed by atoms with Crippen molar-refractivity contribution in [1.82, 2.24) is 9.97 Å². The number of anilines is 1. The maximum Gasteiger partial charge on any atom is 0.186 e. The molecule has 1 N–H and O–H groups in total. The molecule has 0 fully saturated rings. The highest BCUT2D eigenvalue weighted by Crippen LogP contribution is 2.13. The van der Waals surface area contributed by atoms with Crippen molar-refractivity contribution in [3.05, 3.63) is 17.8 Å². The Bertz CT molecular complexity index is 364. The Balaban J connectivity index is 2.16. The van der Waals surface area contributed by atoms with Gasteiger partial charge < -0.3 is 14.8 Å². The van der Waals surface area contributed by atoms with Crippen molar-refractivity contribution < 1.29 is 13.9 Å². The average molecular weight is 271 g/mol. The maximum absolute atomic E-state index is 13.8. The number of rotatable bonds is 10. The number of unbranched alkanes of at least 4 members (excludes halogenated alkanes) is 1. The lowest BCUT2D eigenvalue weighted by atomic mass is 10.3. The summed E-state index contributed by atoms with van der Waals surface area (Å²) in [6.45, 7) is 4.46. The van der Waals surface area contributed by atoms with Crippen molar-refractivity contribution in [3.63, 3.8) is 0 Å². The number of hydrogen-bond donors (Lipinski definition) is 1. The molecule has 1 aromatic heterocycles. The molecule has 1 aromatic rings. The summed E-state index contributed by atoms with van der Waals surface area (Å²) in [5, 5.41) is 2.98. The van der Waals surface area contributed by atoms with Crippen LogP contribution in [0.15, 0.2) is 6.33 Å². The van der Waals surface area contributed by atoms with Gasteiger partial charge in [0.05, 0.1) is 18.9 Å². The van der Waals surface area contributed by atoms with E-state index in [9.17, 15) is 4.39 Å². The monoisotopic (exact) mass is 271 g/mol. The van der Waals surface area contributed by atoms with Gasteiger partial charge in [0.2, 0.25) is 0 Å². The number of methoxy groups -OCH3 is 1. The van der Waals surface area contributed by atoms with Crippen LogP contribution < -0.4 is 5.32 Å². The van der Waals surface area contributed by atoms with E-state index in [4.69, 9.17) is 9.47 Å². The molecule has 0 aliphatic rings. The molecule has 0 saturated heterocycles. The highest BCUT2D eigenvalue weighted by atomic mass is 19.1. The molecule has 0 bridgehead atoms. The van der Waals surface area contributed by atoms with Crippen molar-refractivity contribution in [3.8, 4) is 0 Å². The Morgan fingerprint density at radius 2 is 2.05 bits per heavy atom. The number of halogens is 1. The van der Waals surface area contributed by atoms with E-state index in [1.165, 1.54) is 6.33 Å². The Kier molecular flexibility index (Phi) is 8.00. The van der Waals surface area contributed by atoms with Crippen LogP contribution in [0.4, 0.5) is 10.2 Å². The van der Waals surface area contributed by atoms with Crippen LogP contribution in [-0.4, -0.2) is 43.4 Å². The van der Waals surface area contributed by atoms with Crippen LogP contribution in [0.25, 0.3) is 0 Å². The zero-order valence-corrected chi connectivity index (χ0v) is 11.6. The second-order valence-corrected chi connectivity index (χ2v) is 4.08. The summed E-state index contributed by atoms with van der Waals surface area (Å²) in [7, 11) is 1.65. The second-order valence-electron chi connectivity index (χ2n) is 4.08. The first-order valence-electron chi connectivity index (χ1n) is 6.59. The molecule has 1 rings (SSSR count). The van der Waals surface area contributed by atoms with Gasteiger partial charge in [-0.05, 0) is 19.3 Å². The Morgan fingerprint density at radius 3 is 2.79 bits per heavy atom. The molecule has 5 nitrogen and oxygen atoms in total. The standard InChI is InChI=1S/C13H22FN3O2/c1-3-11-12(14)13(17-10-16-11)15-6-4-5-7-19-9-8-18-2/h10H,3-9H2,1-2H3,(H,15,16,17). The van der Waals surface area contributed by atoms with Gasteiger partial charge in [0, 0.05) is 20.3 Å². The first-order chi connectivity index (χ1) is 9.29. The zero-order chi connectivity index (χ0) is 13.9. The van der Waals surface area contributed by atoms with Gasteiger partial charge in [0.1, 0.15) is 6.33 Å². The SMILES string of the molecule is CCc1ncnc(NCCCCOCCOC)c1F. The third-order valence-electron chi connectivity index (χ3n) is 2.64. The fraction of sp³-hybridized carbons (Fsp3) is 0.692. The minimum absolute atomic E-state index is 0.284. The predicted octanol–water partition coefficient (Wildman–Crippen LogP) is 2.03. The lowest BCUT2D eigenvalue weighted by molar-refractivity contribution is 0.0691. The third kappa shape index (κ3) is 5.94. The summed E-state index contributed by atoms with van der Waals surface area (Å²) in [6.07, 6.45) is 3.77. The van der Waals surface area contributed by atoms with E-state index in [1.54, 1.807) is 7.11 Å². The Labute approximate surface area is 113 Å². The molecule has 0 radical (unpaired) electrons. The van der Waals surface area contributed by atoms with Gasteiger partial charge >= 0.3 is 0 Å². The molecule has 0 saturated carbocycles. The van der Waals surface area contributed by atoms with E-state index < -0.39 is 0 Å². The predicted molar refractivity (Wildman–Crippen MR) is 71.8 cm³/mol. The molecular weight excluding hydrogens is 249 g/mol. The van der Waals surface area contributed by atoms with Crippen LogP contribution in [-0.2, 0) is 15.9 Å². The average Bonchev–Trinajstić information content (AvgIpc) is 2.43. The number of nitrogens with one attached hydrogen (secondary N) is 1. The summed E-state index contributed by atoms with van der Waals surface area (Å²) in [5.74, 6) is -0.0616. The van der Waals surface area contributed by atoms with Gasteiger partial charge in [-0.2, -0.15) is 0 Å². The molecule has 0 aliphatic carbocycles. The number of nitrogens with zero attached hydrogens (tertiary/aromatic N) is 2. The smallest absolute Gasteiger partial charge is 0.186 e.